The molecule has 1 unspecified atom stereocenters. The highest BCUT2D eigenvalue weighted by atomic mass is 16.5. The van der Waals surface area contributed by atoms with Gasteiger partial charge in [-0.3, -0.25) is 4.98 Å². The highest BCUT2D eigenvalue weighted by Gasteiger charge is 2.16. The smallest absolute Gasteiger partial charge is 0.337 e. The number of hydrogen-bond donors (Lipinski definition) is 1. The van der Waals surface area contributed by atoms with Gasteiger partial charge >= 0.3 is 5.97 Å². The maximum absolute atomic E-state index is 11.2. The summed E-state index contributed by atoms with van der Waals surface area (Å²) in [7, 11) is 0. The molecule has 5 heteroatoms. The van der Waals surface area contributed by atoms with Crippen LogP contribution >= 0.6 is 0 Å². The van der Waals surface area contributed by atoms with E-state index < -0.39 is 5.97 Å². The van der Waals surface area contributed by atoms with E-state index in [1.165, 1.54) is 6.20 Å². The van der Waals surface area contributed by atoms with Gasteiger partial charge < -0.3 is 14.6 Å². The van der Waals surface area contributed by atoms with Gasteiger partial charge in [-0.15, -0.1) is 0 Å². The van der Waals surface area contributed by atoms with Crippen LogP contribution in [0.1, 0.15) is 22.3 Å². The van der Waals surface area contributed by atoms with Gasteiger partial charge in [0.1, 0.15) is 5.75 Å². The third kappa shape index (κ3) is 3.51. The molecule has 0 spiro atoms. The molecule has 23 heavy (non-hydrogen) atoms. The van der Waals surface area contributed by atoms with E-state index in [1.54, 1.807) is 13.1 Å². The van der Waals surface area contributed by atoms with Crippen LogP contribution in [0.3, 0.4) is 0 Å². The summed E-state index contributed by atoms with van der Waals surface area (Å²) in [5, 5.41) is 9.18. The molecule has 2 aromatic rings. The Kier molecular flexibility index (Phi) is 4.57. The fourth-order valence-electron chi connectivity index (χ4n) is 2.69. The van der Waals surface area contributed by atoms with E-state index in [0.717, 1.165) is 36.5 Å². The Balaban J connectivity index is 1.74. The van der Waals surface area contributed by atoms with Crippen LogP contribution in [0.15, 0.2) is 36.7 Å². The highest BCUT2D eigenvalue weighted by molar-refractivity contribution is 5.91. The lowest BCUT2D eigenvalue weighted by molar-refractivity contribution is 0.0695. The maximum atomic E-state index is 11.2. The minimum absolute atomic E-state index is 0.226. The third-order valence-electron chi connectivity index (χ3n) is 4.12. The van der Waals surface area contributed by atoms with Gasteiger partial charge in [-0.25, -0.2) is 4.79 Å². The zero-order valence-electron chi connectivity index (χ0n) is 13.0. The van der Waals surface area contributed by atoms with Crippen LogP contribution in [-0.2, 0) is 4.74 Å². The minimum Gasteiger partial charge on any atom is -0.493 e. The molecular formula is C18H19NO4. The molecule has 1 atom stereocenters. The molecule has 0 aliphatic carbocycles. The monoisotopic (exact) mass is 313 g/mol. The first kappa shape index (κ1) is 15.5. The second-order valence-electron chi connectivity index (χ2n) is 5.73. The number of rotatable bonds is 5. The molecule has 1 aliphatic heterocycles. The van der Waals surface area contributed by atoms with Gasteiger partial charge in [0.05, 0.1) is 18.8 Å². The Bertz CT molecular complexity index is 691. The first-order valence-electron chi connectivity index (χ1n) is 7.64. The summed E-state index contributed by atoms with van der Waals surface area (Å²) in [6, 6.07) is 7.66. The van der Waals surface area contributed by atoms with E-state index in [9.17, 15) is 9.90 Å². The Morgan fingerprint density at radius 1 is 1.35 bits per heavy atom. The number of benzene rings is 1. The second kappa shape index (κ2) is 6.79. The fourth-order valence-corrected chi connectivity index (χ4v) is 2.69. The Labute approximate surface area is 134 Å². The average Bonchev–Trinajstić information content (AvgIpc) is 3.07. The number of carboxylic acid groups (broad SMARTS) is 1. The van der Waals surface area contributed by atoms with Gasteiger partial charge in [-0.1, -0.05) is 12.1 Å². The van der Waals surface area contributed by atoms with Crippen LogP contribution in [0, 0.1) is 12.8 Å². The Morgan fingerprint density at radius 2 is 2.13 bits per heavy atom. The predicted molar refractivity (Wildman–Crippen MR) is 85.8 cm³/mol. The van der Waals surface area contributed by atoms with Crippen molar-refractivity contribution in [3.8, 4) is 16.9 Å². The van der Waals surface area contributed by atoms with Crippen LogP contribution in [0.2, 0.25) is 0 Å². The summed E-state index contributed by atoms with van der Waals surface area (Å²) in [5.41, 5.74) is 2.68. The van der Waals surface area contributed by atoms with Gasteiger partial charge in [0, 0.05) is 30.5 Å². The quantitative estimate of drug-likeness (QED) is 0.918. The van der Waals surface area contributed by atoms with E-state index in [4.69, 9.17) is 9.47 Å². The van der Waals surface area contributed by atoms with Crippen molar-refractivity contribution in [2.45, 2.75) is 13.3 Å². The number of hydrogen-bond acceptors (Lipinski definition) is 4. The number of aromatic nitrogens is 1. The summed E-state index contributed by atoms with van der Waals surface area (Å²) in [6.45, 7) is 4.05. The topological polar surface area (TPSA) is 68.7 Å². The lowest BCUT2D eigenvalue weighted by Gasteiger charge is -2.12. The molecule has 1 fully saturated rings. The van der Waals surface area contributed by atoms with E-state index in [-0.39, 0.29) is 5.56 Å². The summed E-state index contributed by atoms with van der Waals surface area (Å²) in [4.78, 5) is 15.2. The third-order valence-corrected chi connectivity index (χ3v) is 4.12. The van der Waals surface area contributed by atoms with Crippen molar-refractivity contribution >= 4 is 5.97 Å². The van der Waals surface area contributed by atoms with Gasteiger partial charge in [0.25, 0.3) is 0 Å². The van der Waals surface area contributed by atoms with E-state index in [2.05, 4.69) is 4.98 Å². The number of pyridine rings is 1. The molecule has 0 saturated carbocycles. The van der Waals surface area contributed by atoms with Crippen LogP contribution in [0.25, 0.3) is 11.1 Å². The zero-order valence-corrected chi connectivity index (χ0v) is 13.0. The molecule has 3 rings (SSSR count). The average molecular weight is 313 g/mol. The summed E-state index contributed by atoms with van der Waals surface area (Å²) in [6.07, 6.45) is 4.11. The van der Waals surface area contributed by atoms with Crippen molar-refractivity contribution in [2.75, 3.05) is 19.8 Å². The SMILES string of the molecule is Cc1c(C(=O)O)cncc1-c1ccc(OCC2CCOC2)cc1. The highest BCUT2D eigenvalue weighted by Crippen LogP contribution is 2.27. The van der Waals surface area contributed by atoms with E-state index in [1.807, 2.05) is 24.3 Å². The van der Waals surface area contributed by atoms with Crippen LogP contribution in [-0.4, -0.2) is 35.9 Å². The molecule has 0 radical (unpaired) electrons. The molecular weight excluding hydrogens is 294 g/mol. The van der Waals surface area contributed by atoms with Crippen LogP contribution < -0.4 is 4.74 Å². The number of nitrogens with zero attached hydrogens (tertiary/aromatic N) is 1. The largest absolute Gasteiger partial charge is 0.493 e. The number of aromatic carboxylic acids is 1. The zero-order chi connectivity index (χ0) is 16.2. The van der Waals surface area contributed by atoms with Crippen molar-refractivity contribution in [3.05, 3.63) is 47.8 Å². The number of ether oxygens (including phenoxy) is 2. The molecule has 1 aromatic carbocycles. The molecule has 1 aliphatic rings. The maximum Gasteiger partial charge on any atom is 0.337 e. The molecule has 1 N–H and O–H groups in total. The van der Waals surface area contributed by atoms with Gasteiger partial charge in [0.15, 0.2) is 0 Å². The lowest BCUT2D eigenvalue weighted by atomic mass is 9.99. The molecule has 0 bridgehead atoms. The standard InChI is InChI=1S/C18H19NO4/c1-12-16(8-19-9-17(12)18(20)21)14-2-4-15(5-3-14)23-11-13-6-7-22-10-13/h2-5,8-9,13H,6-7,10-11H2,1H3,(H,20,21). The van der Waals surface area contributed by atoms with Crippen LogP contribution in [0.4, 0.5) is 0 Å². The van der Waals surface area contributed by atoms with Crippen LogP contribution in [0.5, 0.6) is 5.75 Å². The number of carbonyl (C=O) groups is 1. The Hall–Kier alpha value is -2.40. The van der Waals surface area contributed by atoms with Crippen molar-refractivity contribution in [1.82, 2.24) is 4.98 Å². The molecule has 0 amide bonds. The predicted octanol–water partition coefficient (Wildman–Crippen LogP) is 3.17. The van der Waals surface area contributed by atoms with Gasteiger partial charge in [-0.2, -0.15) is 0 Å². The van der Waals surface area contributed by atoms with E-state index >= 15 is 0 Å². The summed E-state index contributed by atoms with van der Waals surface area (Å²) < 4.78 is 11.1. The van der Waals surface area contributed by atoms with Crippen molar-refractivity contribution < 1.29 is 19.4 Å². The number of carboxylic acids is 1. The van der Waals surface area contributed by atoms with Gasteiger partial charge in [-0.05, 0) is 36.6 Å². The van der Waals surface area contributed by atoms with Crippen molar-refractivity contribution in [2.24, 2.45) is 5.92 Å². The fraction of sp³-hybridized carbons (Fsp3) is 0.333. The summed E-state index contributed by atoms with van der Waals surface area (Å²) in [5.74, 6) is 0.310. The summed E-state index contributed by atoms with van der Waals surface area (Å²) >= 11 is 0. The first-order valence-corrected chi connectivity index (χ1v) is 7.64. The molecule has 1 saturated heterocycles. The Morgan fingerprint density at radius 3 is 2.78 bits per heavy atom. The normalized spacial score (nSPS) is 17.2. The molecule has 5 nitrogen and oxygen atoms in total. The van der Waals surface area contributed by atoms with Gasteiger partial charge in [0.2, 0.25) is 0 Å². The minimum atomic E-state index is -0.962. The van der Waals surface area contributed by atoms with Crippen molar-refractivity contribution in [1.29, 1.82) is 0 Å². The molecule has 1 aromatic heterocycles. The molecule has 2 heterocycles. The van der Waals surface area contributed by atoms with E-state index in [0.29, 0.717) is 18.1 Å². The molecule has 120 valence electrons. The second-order valence-corrected chi connectivity index (χ2v) is 5.73. The lowest BCUT2D eigenvalue weighted by Crippen LogP contribution is -2.11. The first-order chi connectivity index (χ1) is 11.1. The van der Waals surface area contributed by atoms with Crippen molar-refractivity contribution in [3.63, 3.8) is 0 Å².